The summed E-state index contributed by atoms with van der Waals surface area (Å²) in [5.74, 6) is -0.766. The molecule has 0 aromatic heterocycles. The summed E-state index contributed by atoms with van der Waals surface area (Å²) in [5.41, 5.74) is 4.03. The van der Waals surface area contributed by atoms with E-state index in [4.69, 9.17) is 0 Å². The second-order valence-electron chi connectivity index (χ2n) is 7.28. The van der Waals surface area contributed by atoms with E-state index in [1.54, 1.807) is 17.0 Å². The van der Waals surface area contributed by atoms with Gasteiger partial charge in [0.05, 0.1) is 12.5 Å². The Morgan fingerprint density at radius 1 is 1.07 bits per heavy atom. The van der Waals surface area contributed by atoms with Gasteiger partial charge in [0.25, 0.3) is 5.91 Å². The van der Waals surface area contributed by atoms with Crippen molar-refractivity contribution < 1.29 is 14.0 Å². The van der Waals surface area contributed by atoms with E-state index in [0.717, 1.165) is 16.7 Å². The van der Waals surface area contributed by atoms with Gasteiger partial charge in [-0.1, -0.05) is 54.1 Å². The number of hydrogen-bond acceptors (Lipinski definition) is 2. The molecule has 3 aromatic rings. The summed E-state index contributed by atoms with van der Waals surface area (Å²) >= 11 is 0. The monoisotopic (exact) mass is 388 g/mol. The predicted molar refractivity (Wildman–Crippen MR) is 110 cm³/mol. The molecule has 1 aliphatic rings. The van der Waals surface area contributed by atoms with Crippen LogP contribution in [0.4, 0.5) is 10.1 Å². The molecule has 4 rings (SSSR count). The van der Waals surface area contributed by atoms with E-state index in [-0.39, 0.29) is 18.2 Å². The molecule has 0 unspecified atom stereocenters. The molecule has 146 valence electrons. The maximum atomic E-state index is 13.4. The first-order valence-electron chi connectivity index (χ1n) is 9.52. The smallest absolute Gasteiger partial charge is 0.255 e. The number of carbonyl (C=O) groups is 2. The third-order valence-corrected chi connectivity index (χ3v) is 5.17. The molecule has 2 amide bonds. The fourth-order valence-electron chi connectivity index (χ4n) is 3.68. The zero-order valence-electron chi connectivity index (χ0n) is 16.1. The van der Waals surface area contributed by atoms with Gasteiger partial charge in [0.1, 0.15) is 5.82 Å². The normalized spacial score (nSPS) is 13.9. The zero-order valence-corrected chi connectivity index (χ0v) is 16.1. The largest absolute Gasteiger partial charge is 0.327 e. The minimum atomic E-state index is -0.414. The summed E-state index contributed by atoms with van der Waals surface area (Å²) in [6.07, 6.45) is 0.0826. The minimum absolute atomic E-state index is 0.0790. The number of benzene rings is 3. The van der Waals surface area contributed by atoms with Crippen molar-refractivity contribution in [2.24, 2.45) is 0 Å². The number of aryl methyl sites for hydroxylation is 1. The van der Waals surface area contributed by atoms with Crippen molar-refractivity contribution in [1.29, 1.82) is 0 Å². The number of hydrogen-bond donors (Lipinski definition) is 1. The first-order chi connectivity index (χ1) is 14.0. The standard InChI is InChI=1S/C24H21FN2O2/c1-16-9-11-17(12-10-16)22(14-23(28)26-20-7-4-6-19(25)13-20)27-15-18-5-2-3-8-21(18)24(27)29/h2-13,22H,14-15H2,1H3,(H,26,28)/t22-/m1/s1. The minimum Gasteiger partial charge on any atom is -0.327 e. The van der Waals surface area contributed by atoms with Crippen LogP contribution >= 0.6 is 0 Å². The summed E-state index contributed by atoms with van der Waals surface area (Å²) in [7, 11) is 0. The van der Waals surface area contributed by atoms with Gasteiger partial charge in [-0.25, -0.2) is 4.39 Å². The Morgan fingerprint density at radius 2 is 1.83 bits per heavy atom. The number of amides is 2. The molecule has 1 atom stereocenters. The molecule has 0 saturated heterocycles. The number of halogens is 1. The van der Waals surface area contributed by atoms with Crippen LogP contribution in [0.5, 0.6) is 0 Å². The van der Waals surface area contributed by atoms with Crippen molar-refractivity contribution in [2.75, 3.05) is 5.32 Å². The van der Waals surface area contributed by atoms with Crippen LogP contribution in [0.2, 0.25) is 0 Å². The van der Waals surface area contributed by atoms with E-state index >= 15 is 0 Å². The second kappa shape index (κ2) is 7.87. The molecular formula is C24H21FN2O2. The number of nitrogens with zero attached hydrogens (tertiary/aromatic N) is 1. The van der Waals surface area contributed by atoms with E-state index in [2.05, 4.69) is 5.32 Å². The molecule has 0 fully saturated rings. The van der Waals surface area contributed by atoms with Crippen molar-refractivity contribution in [3.05, 3.63) is 101 Å². The Morgan fingerprint density at radius 3 is 2.55 bits per heavy atom. The van der Waals surface area contributed by atoms with E-state index in [0.29, 0.717) is 17.8 Å². The Hall–Kier alpha value is -3.47. The summed E-state index contributed by atoms with van der Waals surface area (Å²) < 4.78 is 13.4. The average molecular weight is 388 g/mol. The quantitative estimate of drug-likeness (QED) is 0.679. The van der Waals surface area contributed by atoms with Gasteiger partial charge in [0, 0.05) is 17.8 Å². The molecule has 1 N–H and O–H groups in total. The number of nitrogens with one attached hydrogen (secondary N) is 1. The molecular weight excluding hydrogens is 367 g/mol. The molecule has 0 saturated carbocycles. The Labute approximate surface area is 169 Å². The topological polar surface area (TPSA) is 49.4 Å². The zero-order chi connectivity index (χ0) is 20.4. The average Bonchev–Trinajstić information content (AvgIpc) is 3.04. The molecule has 1 heterocycles. The Kier molecular flexibility index (Phi) is 5.12. The summed E-state index contributed by atoms with van der Waals surface area (Å²) in [6, 6.07) is 20.7. The number of rotatable bonds is 5. The van der Waals surface area contributed by atoms with Crippen LogP contribution in [0.15, 0.2) is 72.8 Å². The molecule has 0 bridgehead atoms. The molecule has 5 heteroatoms. The molecule has 29 heavy (non-hydrogen) atoms. The van der Waals surface area contributed by atoms with Crippen LogP contribution in [0.3, 0.4) is 0 Å². The highest BCUT2D eigenvalue weighted by molar-refractivity contribution is 5.99. The van der Waals surface area contributed by atoms with Gasteiger partial charge in [-0.15, -0.1) is 0 Å². The van der Waals surface area contributed by atoms with Gasteiger partial charge in [0.2, 0.25) is 5.91 Å². The fourth-order valence-corrected chi connectivity index (χ4v) is 3.68. The third-order valence-electron chi connectivity index (χ3n) is 5.17. The molecule has 3 aromatic carbocycles. The Balaban J connectivity index is 1.60. The van der Waals surface area contributed by atoms with Crippen LogP contribution in [0.25, 0.3) is 0 Å². The van der Waals surface area contributed by atoms with Crippen molar-refractivity contribution >= 4 is 17.5 Å². The first-order valence-corrected chi connectivity index (χ1v) is 9.52. The van der Waals surface area contributed by atoms with Crippen molar-refractivity contribution in [3.8, 4) is 0 Å². The van der Waals surface area contributed by atoms with Crippen molar-refractivity contribution in [1.82, 2.24) is 4.90 Å². The van der Waals surface area contributed by atoms with Crippen molar-refractivity contribution in [3.63, 3.8) is 0 Å². The van der Waals surface area contributed by atoms with E-state index < -0.39 is 11.9 Å². The highest BCUT2D eigenvalue weighted by Gasteiger charge is 2.34. The summed E-state index contributed by atoms with van der Waals surface area (Å²) in [5, 5.41) is 2.74. The third kappa shape index (κ3) is 4.04. The van der Waals surface area contributed by atoms with Crippen molar-refractivity contribution in [2.45, 2.75) is 25.9 Å². The van der Waals surface area contributed by atoms with Gasteiger partial charge in [0.15, 0.2) is 0 Å². The molecule has 0 spiro atoms. The lowest BCUT2D eigenvalue weighted by Gasteiger charge is -2.28. The lowest BCUT2D eigenvalue weighted by Crippen LogP contribution is -2.32. The maximum Gasteiger partial charge on any atom is 0.255 e. The van der Waals surface area contributed by atoms with Crippen LogP contribution in [-0.4, -0.2) is 16.7 Å². The molecule has 0 aliphatic carbocycles. The fraction of sp³-hybridized carbons (Fsp3) is 0.167. The van der Waals surface area contributed by atoms with E-state index in [1.807, 2.05) is 55.5 Å². The second-order valence-corrected chi connectivity index (χ2v) is 7.28. The van der Waals surface area contributed by atoms with Gasteiger partial charge >= 0.3 is 0 Å². The Bertz CT molecular complexity index is 1060. The number of fused-ring (bicyclic) bond motifs is 1. The lowest BCUT2D eigenvalue weighted by molar-refractivity contribution is -0.117. The van der Waals surface area contributed by atoms with Crippen LogP contribution in [0, 0.1) is 12.7 Å². The number of anilines is 1. The van der Waals surface area contributed by atoms with Gasteiger partial charge < -0.3 is 10.2 Å². The maximum absolute atomic E-state index is 13.4. The molecule has 0 radical (unpaired) electrons. The summed E-state index contributed by atoms with van der Waals surface area (Å²) in [4.78, 5) is 27.5. The van der Waals surface area contributed by atoms with Crippen LogP contribution in [0.1, 0.15) is 39.5 Å². The van der Waals surface area contributed by atoms with Crippen LogP contribution < -0.4 is 5.32 Å². The summed E-state index contributed by atoms with van der Waals surface area (Å²) in [6.45, 7) is 2.45. The number of carbonyl (C=O) groups excluding carboxylic acids is 2. The van der Waals surface area contributed by atoms with E-state index in [1.165, 1.54) is 12.1 Å². The van der Waals surface area contributed by atoms with Gasteiger partial charge in [-0.2, -0.15) is 0 Å². The first kappa shape index (κ1) is 18.9. The van der Waals surface area contributed by atoms with Gasteiger partial charge in [-0.05, 0) is 42.3 Å². The predicted octanol–water partition coefficient (Wildman–Crippen LogP) is 4.86. The lowest BCUT2D eigenvalue weighted by atomic mass is 10.00. The highest BCUT2D eigenvalue weighted by Crippen LogP contribution is 2.33. The molecule has 4 nitrogen and oxygen atoms in total. The SMILES string of the molecule is Cc1ccc([C@@H](CC(=O)Nc2cccc(F)c2)N2Cc3ccccc3C2=O)cc1. The van der Waals surface area contributed by atoms with Crippen LogP contribution in [-0.2, 0) is 11.3 Å². The van der Waals surface area contributed by atoms with Gasteiger partial charge in [-0.3, -0.25) is 9.59 Å². The molecule has 1 aliphatic heterocycles. The van der Waals surface area contributed by atoms with E-state index in [9.17, 15) is 14.0 Å². The highest BCUT2D eigenvalue weighted by atomic mass is 19.1.